The second-order valence-corrected chi connectivity index (χ2v) is 8.93. The summed E-state index contributed by atoms with van der Waals surface area (Å²) in [5, 5.41) is 0. The van der Waals surface area contributed by atoms with E-state index < -0.39 is 0 Å². The van der Waals surface area contributed by atoms with Crippen LogP contribution in [0.2, 0.25) is 0 Å². The Hall–Kier alpha value is -3.48. The van der Waals surface area contributed by atoms with Crippen molar-refractivity contribution < 1.29 is 13.9 Å². The minimum atomic E-state index is -0.240. The molecule has 0 bridgehead atoms. The van der Waals surface area contributed by atoms with E-state index in [0.717, 1.165) is 65.7 Å². The summed E-state index contributed by atoms with van der Waals surface area (Å²) in [7, 11) is 1.63. The molecular weight excluding hydrogens is 443 g/mol. The van der Waals surface area contributed by atoms with Crippen molar-refractivity contribution in [2.75, 3.05) is 38.2 Å². The van der Waals surface area contributed by atoms with E-state index in [0.29, 0.717) is 25.9 Å². The first-order valence-corrected chi connectivity index (χ1v) is 12.2. The van der Waals surface area contributed by atoms with Crippen LogP contribution in [-0.4, -0.2) is 54.1 Å². The van der Waals surface area contributed by atoms with Crippen LogP contribution in [0.3, 0.4) is 0 Å². The number of amides is 1. The average Bonchev–Trinajstić information content (AvgIpc) is 3.12. The summed E-state index contributed by atoms with van der Waals surface area (Å²) < 4.78 is 19.1. The van der Waals surface area contributed by atoms with Gasteiger partial charge in [-0.1, -0.05) is 31.2 Å². The van der Waals surface area contributed by atoms with E-state index in [1.807, 2.05) is 42.2 Å². The third-order valence-corrected chi connectivity index (χ3v) is 6.45. The highest BCUT2D eigenvalue weighted by molar-refractivity contribution is 5.79. The number of rotatable bonds is 7. The van der Waals surface area contributed by atoms with Crippen LogP contribution >= 0.6 is 0 Å². The van der Waals surface area contributed by atoms with Gasteiger partial charge in [-0.2, -0.15) is 0 Å². The van der Waals surface area contributed by atoms with E-state index in [1.165, 1.54) is 6.07 Å². The van der Waals surface area contributed by atoms with Crippen LogP contribution in [0, 0.1) is 12.7 Å². The zero-order valence-corrected chi connectivity index (χ0v) is 20.8. The molecule has 0 aliphatic carbocycles. The molecule has 1 fully saturated rings. The summed E-state index contributed by atoms with van der Waals surface area (Å²) in [6.45, 7) is 6.86. The largest absolute Gasteiger partial charge is 0.497 e. The fourth-order valence-electron chi connectivity index (χ4n) is 4.63. The van der Waals surface area contributed by atoms with Crippen LogP contribution in [-0.2, 0) is 24.1 Å². The first-order valence-electron chi connectivity index (χ1n) is 12.2. The molecule has 2 heterocycles. The van der Waals surface area contributed by atoms with Gasteiger partial charge in [0.05, 0.1) is 13.5 Å². The van der Waals surface area contributed by atoms with E-state index >= 15 is 0 Å². The molecule has 1 aliphatic heterocycles. The van der Waals surface area contributed by atoms with E-state index in [1.54, 1.807) is 19.2 Å². The number of hydrogen-bond donors (Lipinski definition) is 0. The zero-order valence-electron chi connectivity index (χ0n) is 20.8. The van der Waals surface area contributed by atoms with E-state index in [2.05, 4.69) is 16.8 Å². The second-order valence-electron chi connectivity index (χ2n) is 8.93. The van der Waals surface area contributed by atoms with Crippen LogP contribution in [0.15, 0.2) is 48.5 Å². The molecule has 4 rings (SSSR count). The highest BCUT2D eigenvalue weighted by atomic mass is 19.1. The number of carbonyl (C=O) groups is 1. The number of nitrogens with zero attached hydrogens (tertiary/aromatic N) is 4. The minimum Gasteiger partial charge on any atom is -0.497 e. The molecule has 0 radical (unpaired) electrons. The van der Waals surface area contributed by atoms with Crippen LogP contribution < -0.4 is 9.64 Å². The molecule has 1 aromatic heterocycles. The van der Waals surface area contributed by atoms with Crippen LogP contribution in [0.5, 0.6) is 5.75 Å². The van der Waals surface area contributed by atoms with Gasteiger partial charge in [0.25, 0.3) is 0 Å². The van der Waals surface area contributed by atoms with Crippen LogP contribution in [0.25, 0.3) is 0 Å². The van der Waals surface area contributed by atoms with Gasteiger partial charge in [-0.3, -0.25) is 4.79 Å². The number of ether oxygens (including phenoxy) is 1. The smallest absolute Gasteiger partial charge is 0.227 e. The Morgan fingerprint density at radius 2 is 1.83 bits per heavy atom. The zero-order chi connectivity index (χ0) is 24.8. The van der Waals surface area contributed by atoms with Crippen molar-refractivity contribution in [1.82, 2.24) is 14.9 Å². The van der Waals surface area contributed by atoms with Gasteiger partial charge in [0.1, 0.15) is 23.2 Å². The van der Waals surface area contributed by atoms with Crippen LogP contribution in [0.1, 0.15) is 41.6 Å². The standard InChI is InChI=1S/C28H33FN4O2/c1-4-26-25(18-22-7-5-8-23(29)17-22)28(31-20(2)30-26)33-14-6-13-32(15-16-33)27(34)19-21-9-11-24(35-3)12-10-21/h5,7-12,17H,4,6,13-16,18-19H2,1-3H3. The number of hydrogen-bond acceptors (Lipinski definition) is 5. The quantitative estimate of drug-likeness (QED) is 0.507. The Morgan fingerprint density at radius 1 is 1.03 bits per heavy atom. The number of benzene rings is 2. The Labute approximate surface area is 206 Å². The normalized spacial score (nSPS) is 14.1. The molecule has 1 aliphatic rings. The lowest BCUT2D eigenvalue weighted by atomic mass is 10.0. The fourth-order valence-corrected chi connectivity index (χ4v) is 4.63. The van der Waals surface area contributed by atoms with Gasteiger partial charge in [-0.15, -0.1) is 0 Å². The number of carbonyl (C=O) groups excluding carboxylic acids is 1. The van der Waals surface area contributed by atoms with E-state index in [4.69, 9.17) is 9.72 Å². The van der Waals surface area contributed by atoms with Crippen molar-refractivity contribution in [3.63, 3.8) is 0 Å². The maximum atomic E-state index is 13.9. The molecule has 0 saturated carbocycles. The first-order chi connectivity index (χ1) is 17.0. The van der Waals surface area contributed by atoms with Crippen molar-refractivity contribution in [3.05, 3.63) is 82.6 Å². The highest BCUT2D eigenvalue weighted by Gasteiger charge is 2.23. The molecular formula is C28H33FN4O2. The summed E-state index contributed by atoms with van der Waals surface area (Å²) in [5.41, 5.74) is 3.92. The van der Waals surface area contributed by atoms with Crippen molar-refractivity contribution in [1.29, 1.82) is 0 Å². The van der Waals surface area contributed by atoms with Crippen LogP contribution in [0.4, 0.5) is 10.2 Å². The topological polar surface area (TPSA) is 58.6 Å². The van der Waals surface area contributed by atoms with Gasteiger partial charge >= 0.3 is 0 Å². The molecule has 1 amide bonds. The maximum absolute atomic E-state index is 13.9. The molecule has 7 heteroatoms. The molecule has 184 valence electrons. The number of aromatic nitrogens is 2. The average molecular weight is 477 g/mol. The third-order valence-electron chi connectivity index (χ3n) is 6.45. The lowest BCUT2D eigenvalue weighted by Crippen LogP contribution is -2.36. The Balaban J connectivity index is 1.51. The molecule has 0 N–H and O–H groups in total. The molecule has 0 spiro atoms. The van der Waals surface area contributed by atoms with Crippen molar-refractivity contribution >= 4 is 11.7 Å². The predicted octanol–water partition coefficient (Wildman–Crippen LogP) is 4.37. The molecule has 6 nitrogen and oxygen atoms in total. The molecule has 35 heavy (non-hydrogen) atoms. The van der Waals surface area contributed by atoms with Gasteiger partial charge < -0.3 is 14.5 Å². The molecule has 2 aromatic carbocycles. The summed E-state index contributed by atoms with van der Waals surface area (Å²) >= 11 is 0. The van der Waals surface area contributed by atoms with Crippen molar-refractivity contribution in [2.24, 2.45) is 0 Å². The summed E-state index contributed by atoms with van der Waals surface area (Å²) in [5.74, 6) is 2.31. The number of anilines is 1. The summed E-state index contributed by atoms with van der Waals surface area (Å²) in [6, 6.07) is 14.4. The van der Waals surface area contributed by atoms with Crippen molar-refractivity contribution in [3.8, 4) is 5.75 Å². The summed E-state index contributed by atoms with van der Waals surface area (Å²) in [4.78, 5) is 26.8. The minimum absolute atomic E-state index is 0.130. The van der Waals surface area contributed by atoms with Gasteiger partial charge in [0.2, 0.25) is 5.91 Å². The van der Waals surface area contributed by atoms with Gasteiger partial charge in [-0.25, -0.2) is 14.4 Å². The Kier molecular flexibility index (Phi) is 7.95. The number of methoxy groups -OCH3 is 1. The van der Waals surface area contributed by atoms with Gasteiger partial charge in [-0.05, 0) is 55.2 Å². The predicted molar refractivity (Wildman–Crippen MR) is 135 cm³/mol. The first kappa shape index (κ1) is 24.6. The SMILES string of the molecule is CCc1nc(C)nc(N2CCCN(C(=O)Cc3ccc(OC)cc3)CC2)c1Cc1cccc(F)c1. The highest BCUT2D eigenvalue weighted by Crippen LogP contribution is 2.26. The summed E-state index contributed by atoms with van der Waals surface area (Å²) in [6.07, 6.45) is 2.59. The molecule has 0 unspecified atom stereocenters. The Bertz CT molecular complexity index is 1170. The molecule has 0 atom stereocenters. The monoisotopic (exact) mass is 476 g/mol. The Morgan fingerprint density at radius 3 is 2.54 bits per heavy atom. The third kappa shape index (κ3) is 6.15. The lowest BCUT2D eigenvalue weighted by Gasteiger charge is -2.26. The van der Waals surface area contributed by atoms with Gasteiger partial charge in [0, 0.05) is 43.9 Å². The molecule has 1 saturated heterocycles. The number of aryl methyl sites for hydroxylation is 2. The molecule has 3 aromatic rings. The van der Waals surface area contributed by atoms with Crippen molar-refractivity contribution in [2.45, 2.75) is 39.5 Å². The second kappa shape index (κ2) is 11.3. The number of halogens is 1. The van der Waals surface area contributed by atoms with E-state index in [9.17, 15) is 9.18 Å². The maximum Gasteiger partial charge on any atom is 0.227 e. The van der Waals surface area contributed by atoms with E-state index in [-0.39, 0.29) is 11.7 Å². The van der Waals surface area contributed by atoms with Gasteiger partial charge in [0.15, 0.2) is 0 Å². The fraction of sp³-hybridized carbons (Fsp3) is 0.393. The lowest BCUT2D eigenvalue weighted by molar-refractivity contribution is -0.130.